The minimum atomic E-state index is -0.335. The molecule has 3 rings (SSSR count). The number of aromatic nitrogens is 3. The van der Waals surface area contributed by atoms with E-state index in [0.29, 0.717) is 11.6 Å². The molecule has 2 heterocycles. The van der Waals surface area contributed by atoms with Gasteiger partial charge in [0.15, 0.2) is 0 Å². The number of alkyl halides is 1. The van der Waals surface area contributed by atoms with Gasteiger partial charge < -0.3 is 15.4 Å². The lowest BCUT2D eigenvalue weighted by Gasteiger charge is -2.12. The first-order valence-electron chi connectivity index (χ1n) is 7.86. The van der Waals surface area contributed by atoms with Crippen molar-refractivity contribution in [1.82, 2.24) is 14.8 Å². The third-order valence-electron chi connectivity index (χ3n) is 3.74. The van der Waals surface area contributed by atoms with E-state index in [1.54, 1.807) is 24.2 Å². The number of aryl methyl sites for hydroxylation is 1. The lowest BCUT2D eigenvalue weighted by molar-refractivity contribution is 0.262. The van der Waals surface area contributed by atoms with Crippen LogP contribution in [0.4, 0.5) is 16.2 Å². The molecule has 2 aromatic heterocycles. The number of carbonyl (C=O) groups excluding carboxylic acids is 1. The smallest absolute Gasteiger partial charge is 0.323 e. The number of anilines is 2. The maximum Gasteiger partial charge on any atom is 0.323 e. The van der Waals surface area contributed by atoms with Gasteiger partial charge in [-0.1, -0.05) is 34.7 Å². The molecule has 26 heavy (non-hydrogen) atoms. The summed E-state index contributed by atoms with van der Waals surface area (Å²) in [7, 11) is 3.39. The first-order valence-corrected chi connectivity index (χ1v) is 9.38. The number of hydrogen-bond acceptors (Lipinski definition) is 4. The molecule has 0 atom stereocenters. The summed E-state index contributed by atoms with van der Waals surface area (Å²) in [4.78, 5) is 16.6. The van der Waals surface area contributed by atoms with Crippen molar-refractivity contribution in [2.45, 2.75) is 4.43 Å². The van der Waals surface area contributed by atoms with Crippen molar-refractivity contribution in [1.29, 1.82) is 0 Å². The van der Waals surface area contributed by atoms with Crippen LogP contribution in [-0.4, -0.2) is 27.9 Å². The van der Waals surface area contributed by atoms with Crippen LogP contribution in [0.15, 0.2) is 48.8 Å². The molecule has 0 spiro atoms. The number of amides is 2. The zero-order valence-corrected chi connectivity index (χ0v) is 16.5. The van der Waals surface area contributed by atoms with E-state index in [-0.39, 0.29) is 6.03 Å². The summed E-state index contributed by atoms with van der Waals surface area (Å²) in [5.41, 5.74) is 4.04. The van der Waals surface area contributed by atoms with Gasteiger partial charge in [0.2, 0.25) is 5.88 Å². The van der Waals surface area contributed by atoms with E-state index in [4.69, 9.17) is 4.74 Å². The first kappa shape index (κ1) is 18.2. The molecule has 0 aliphatic heterocycles. The van der Waals surface area contributed by atoms with Gasteiger partial charge in [-0.25, -0.2) is 9.78 Å². The SMILES string of the molecule is COc1ncc(NC(=O)Nc2cccc(CI)c2)cc1-c1ccnn1C. The van der Waals surface area contributed by atoms with Crippen molar-refractivity contribution in [3.05, 3.63) is 54.4 Å². The summed E-state index contributed by atoms with van der Waals surface area (Å²) < 4.78 is 7.93. The Morgan fingerprint density at radius 3 is 2.73 bits per heavy atom. The Kier molecular flexibility index (Phi) is 5.71. The molecule has 3 aromatic rings. The molecule has 0 aliphatic rings. The highest BCUT2D eigenvalue weighted by Gasteiger charge is 2.13. The summed E-state index contributed by atoms with van der Waals surface area (Å²) in [5.74, 6) is 0.467. The quantitative estimate of drug-likeness (QED) is 0.442. The molecule has 0 saturated carbocycles. The van der Waals surface area contributed by atoms with Gasteiger partial charge in [-0.3, -0.25) is 4.68 Å². The number of benzene rings is 1. The Balaban J connectivity index is 1.79. The molecule has 134 valence electrons. The van der Waals surface area contributed by atoms with Gasteiger partial charge in [0, 0.05) is 23.4 Å². The standard InChI is InChI=1S/C18H18IN5O2/c1-24-16(6-7-21-24)15-9-14(11-20-17(15)26-2)23-18(25)22-13-5-3-4-12(8-13)10-19/h3-9,11H,10H2,1-2H3,(H2,22,23,25). The molecule has 2 N–H and O–H groups in total. The minimum Gasteiger partial charge on any atom is -0.481 e. The predicted octanol–water partition coefficient (Wildman–Crippen LogP) is 4.07. The number of methoxy groups -OCH3 is 1. The number of carbonyl (C=O) groups is 1. The molecule has 0 saturated heterocycles. The number of urea groups is 1. The Bertz CT molecular complexity index is 925. The zero-order valence-electron chi connectivity index (χ0n) is 14.4. The average Bonchev–Trinajstić information content (AvgIpc) is 3.07. The Hall–Kier alpha value is -2.62. The molecule has 0 aliphatic carbocycles. The molecule has 1 aromatic carbocycles. The number of nitrogens with zero attached hydrogens (tertiary/aromatic N) is 3. The molecular weight excluding hydrogens is 445 g/mol. The van der Waals surface area contributed by atoms with Crippen molar-refractivity contribution in [3.63, 3.8) is 0 Å². The van der Waals surface area contributed by atoms with Crippen LogP contribution >= 0.6 is 22.6 Å². The van der Waals surface area contributed by atoms with Gasteiger partial charge in [0.25, 0.3) is 0 Å². The summed E-state index contributed by atoms with van der Waals surface area (Å²) >= 11 is 2.28. The van der Waals surface area contributed by atoms with Crippen molar-refractivity contribution in [3.8, 4) is 17.1 Å². The van der Waals surface area contributed by atoms with Crippen LogP contribution in [0.5, 0.6) is 5.88 Å². The molecule has 2 amide bonds. The van der Waals surface area contributed by atoms with E-state index >= 15 is 0 Å². The highest BCUT2D eigenvalue weighted by atomic mass is 127. The maximum absolute atomic E-state index is 12.3. The van der Waals surface area contributed by atoms with Crippen LogP contribution in [0.25, 0.3) is 11.3 Å². The van der Waals surface area contributed by atoms with Crippen molar-refractivity contribution < 1.29 is 9.53 Å². The van der Waals surface area contributed by atoms with Gasteiger partial charge in [-0.05, 0) is 29.8 Å². The second-order valence-electron chi connectivity index (χ2n) is 5.53. The van der Waals surface area contributed by atoms with E-state index in [0.717, 1.165) is 26.9 Å². The normalized spacial score (nSPS) is 10.4. The molecule has 8 heteroatoms. The van der Waals surface area contributed by atoms with Crippen molar-refractivity contribution >= 4 is 40.0 Å². The van der Waals surface area contributed by atoms with E-state index in [1.165, 1.54) is 0 Å². The monoisotopic (exact) mass is 463 g/mol. The Morgan fingerprint density at radius 1 is 1.23 bits per heavy atom. The van der Waals surface area contributed by atoms with Crippen LogP contribution in [-0.2, 0) is 11.5 Å². The van der Waals surface area contributed by atoms with Crippen LogP contribution in [0.1, 0.15) is 5.56 Å². The number of ether oxygens (including phenoxy) is 1. The van der Waals surface area contributed by atoms with Crippen LogP contribution in [0, 0.1) is 0 Å². The summed E-state index contributed by atoms with van der Waals surface area (Å²) in [6, 6.07) is 11.1. The topological polar surface area (TPSA) is 81.1 Å². The van der Waals surface area contributed by atoms with E-state index in [9.17, 15) is 4.79 Å². The number of halogens is 1. The fourth-order valence-electron chi connectivity index (χ4n) is 2.53. The molecule has 7 nitrogen and oxygen atoms in total. The minimum absolute atomic E-state index is 0.335. The van der Waals surface area contributed by atoms with Crippen LogP contribution < -0.4 is 15.4 Å². The molecule has 0 fully saturated rings. The van der Waals surface area contributed by atoms with Gasteiger partial charge >= 0.3 is 6.03 Å². The number of pyridine rings is 1. The summed E-state index contributed by atoms with van der Waals surface area (Å²) in [5, 5.41) is 9.79. The Labute approximate surface area is 164 Å². The third-order valence-corrected chi connectivity index (χ3v) is 4.62. The highest BCUT2D eigenvalue weighted by Crippen LogP contribution is 2.29. The molecular formula is C18H18IN5O2. The predicted molar refractivity (Wildman–Crippen MR) is 110 cm³/mol. The van der Waals surface area contributed by atoms with Gasteiger partial charge in [0.05, 0.1) is 30.3 Å². The van der Waals surface area contributed by atoms with Gasteiger partial charge in [-0.2, -0.15) is 5.10 Å². The first-order chi connectivity index (χ1) is 12.6. The molecule has 0 unspecified atom stereocenters. The highest BCUT2D eigenvalue weighted by molar-refractivity contribution is 14.1. The average molecular weight is 463 g/mol. The third kappa shape index (κ3) is 4.13. The second-order valence-corrected chi connectivity index (χ2v) is 6.30. The lowest BCUT2D eigenvalue weighted by Crippen LogP contribution is -2.19. The van der Waals surface area contributed by atoms with Gasteiger partial charge in [0.1, 0.15) is 0 Å². The van der Waals surface area contributed by atoms with Crippen LogP contribution in [0.3, 0.4) is 0 Å². The Morgan fingerprint density at radius 2 is 2.04 bits per heavy atom. The molecule has 0 bridgehead atoms. The van der Waals surface area contributed by atoms with Crippen LogP contribution in [0.2, 0.25) is 0 Å². The number of rotatable bonds is 5. The number of hydrogen-bond donors (Lipinski definition) is 2. The van der Waals surface area contributed by atoms with E-state index < -0.39 is 0 Å². The lowest BCUT2D eigenvalue weighted by atomic mass is 10.2. The second kappa shape index (κ2) is 8.17. The summed E-state index contributed by atoms with van der Waals surface area (Å²) in [6.45, 7) is 0. The maximum atomic E-state index is 12.3. The summed E-state index contributed by atoms with van der Waals surface area (Å²) in [6.07, 6.45) is 3.25. The largest absolute Gasteiger partial charge is 0.481 e. The van der Waals surface area contributed by atoms with Crippen molar-refractivity contribution in [2.75, 3.05) is 17.7 Å². The van der Waals surface area contributed by atoms with E-state index in [2.05, 4.69) is 43.3 Å². The zero-order chi connectivity index (χ0) is 18.5. The fourth-order valence-corrected chi connectivity index (χ4v) is 3.00. The van der Waals surface area contributed by atoms with Crippen molar-refractivity contribution in [2.24, 2.45) is 7.05 Å². The number of nitrogens with one attached hydrogen (secondary N) is 2. The fraction of sp³-hybridized carbons (Fsp3) is 0.167. The molecule has 0 radical (unpaired) electrons. The van der Waals surface area contributed by atoms with Gasteiger partial charge in [-0.15, -0.1) is 0 Å². The van der Waals surface area contributed by atoms with E-state index in [1.807, 2.05) is 43.4 Å².